The predicted octanol–water partition coefficient (Wildman–Crippen LogP) is 2.53. The highest BCUT2D eigenvalue weighted by Crippen LogP contribution is 2.20. The zero-order valence-corrected chi connectivity index (χ0v) is 13.3. The van der Waals surface area contributed by atoms with E-state index in [1.54, 1.807) is 25.1 Å². The molecule has 0 fully saturated rings. The molecule has 0 bridgehead atoms. The molecule has 0 radical (unpaired) electrons. The summed E-state index contributed by atoms with van der Waals surface area (Å²) >= 11 is 0. The molecule has 2 rings (SSSR count). The van der Waals surface area contributed by atoms with Gasteiger partial charge < -0.3 is 9.15 Å². The standard InChI is InChI=1S/C18H15NO5/c1-11-9-16(21)14-6-3-5-13(17(14)24-11)10-15(12(2)20)18(22)23-8-4-7-19/h3,5-6,9-10H,4,8H2,1-2H3/b15-10-. The third-order valence-corrected chi connectivity index (χ3v) is 3.25. The van der Waals surface area contributed by atoms with Gasteiger partial charge in [-0.2, -0.15) is 5.26 Å². The number of nitriles is 1. The minimum absolute atomic E-state index is 0.0409. The normalized spacial score (nSPS) is 11.1. The molecule has 0 unspecified atom stereocenters. The van der Waals surface area contributed by atoms with Crippen LogP contribution in [0.2, 0.25) is 0 Å². The molecule has 0 amide bonds. The second-order valence-electron chi connectivity index (χ2n) is 5.10. The van der Waals surface area contributed by atoms with Crippen molar-refractivity contribution in [2.75, 3.05) is 6.61 Å². The summed E-state index contributed by atoms with van der Waals surface area (Å²) in [5.74, 6) is -0.872. The second kappa shape index (κ2) is 7.38. The summed E-state index contributed by atoms with van der Waals surface area (Å²) in [6.07, 6.45) is 1.38. The van der Waals surface area contributed by atoms with Crippen LogP contribution in [-0.4, -0.2) is 18.4 Å². The van der Waals surface area contributed by atoms with Gasteiger partial charge in [-0.1, -0.05) is 12.1 Å². The van der Waals surface area contributed by atoms with E-state index in [4.69, 9.17) is 14.4 Å². The molecule has 1 heterocycles. The number of fused-ring (bicyclic) bond motifs is 1. The fourth-order valence-corrected chi connectivity index (χ4v) is 2.16. The van der Waals surface area contributed by atoms with E-state index in [-0.39, 0.29) is 24.0 Å². The molecule has 0 saturated heterocycles. The van der Waals surface area contributed by atoms with Gasteiger partial charge in [-0.3, -0.25) is 9.59 Å². The molecule has 6 nitrogen and oxygen atoms in total. The zero-order chi connectivity index (χ0) is 17.7. The Bertz CT molecular complexity index is 931. The molecule has 0 saturated carbocycles. The number of rotatable bonds is 5. The Hall–Kier alpha value is -3.20. The maximum atomic E-state index is 12.0. The highest BCUT2D eigenvalue weighted by atomic mass is 16.5. The third-order valence-electron chi connectivity index (χ3n) is 3.25. The molecule has 0 atom stereocenters. The Kier molecular flexibility index (Phi) is 5.27. The van der Waals surface area contributed by atoms with Crippen LogP contribution < -0.4 is 5.43 Å². The number of nitrogens with zero attached hydrogens (tertiary/aromatic N) is 1. The van der Waals surface area contributed by atoms with E-state index < -0.39 is 11.8 Å². The Balaban J connectivity index is 2.52. The molecule has 1 aromatic carbocycles. The number of carbonyl (C=O) groups is 2. The van der Waals surface area contributed by atoms with Crippen LogP contribution in [0.3, 0.4) is 0 Å². The highest BCUT2D eigenvalue weighted by Gasteiger charge is 2.17. The summed E-state index contributed by atoms with van der Waals surface area (Å²) in [7, 11) is 0. The number of aryl methyl sites for hydroxylation is 1. The molecule has 6 heteroatoms. The molecule has 122 valence electrons. The Morgan fingerprint density at radius 2 is 2.12 bits per heavy atom. The van der Waals surface area contributed by atoms with Crippen molar-refractivity contribution in [3.8, 4) is 6.07 Å². The molecule has 0 aliphatic carbocycles. The van der Waals surface area contributed by atoms with E-state index in [9.17, 15) is 14.4 Å². The fourth-order valence-electron chi connectivity index (χ4n) is 2.16. The van der Waals surface area contributed by atoms with Crippen LogP contribution in [0.4, 0.5) is 0 Å². The van der Waals surface area contributed by atoms with Gasteiger partial charge in [0.2, 0.25) is 0 Å². The zero-order valence-electron chi connectivity index (χ0n) is 13.3. The number of benzene rings is 1. The van der Waals surface area contributed by atoms with Crippen molar-refractivity contribution in [2.24, 2.45) is 0 Å². The van der Waals surface area contributed by atoms with Crippen LogP contribution in [0, 0.1) is 18.3 Å². The van der Waals surface area contributed by atoms with Crippen molar-refractivity contribution >= 4 is 28.8 Å². The predicted molar refractivity (Wildman–Crippen MR) is 87.1 cm³/mol. The van der Waals surface area contributed by atoms with Crippen LogP contribution in [0.15, 0.2) is 39.1 Å². The van der Waals surface area contributed by atoms with Crippen molar-refractivity contribution in [1.29, 1.82) is 5.26 Å². The number of hydrogen-bond donors (Lipinski definition) is 0. The van der Waals surface area contributed by atoms with Crippen LogP contribution in [0.1, 0.15) is 24.7 Å². The summed E-state index contributed by atoms with van der Waals surface area (Å²) in [6.45, 7) is 2.79. The van der Waals surface area contributed by atoms with E-state index in [1.807, 2.05) is 6.07 Å². The Morgan fingerprint density at radius 3 is 2.79 bits per heavy atom. The maximum absolute atomic E-state index is 12.0. The first-order chi connectivity index (χ1) is 11.4. The first-order valence-corrected chi connectivity index (χ1v) is 7.24. The van der Waals surface area contributed by atoms with Gasteiger partial charge in [-0.25, -0.2) is 4.79 Å². The van der Waals surface area contributed by atoms with E-state index in [1.165, 1.54) is 19.1 Å². The lowest BCUT2D eigenvalue weighted by Crippen LogP contribution is -2.14. The number of para-hydroxylation sites is 1. The second-order valence-corrected chi connectivity index (χ2v) is 5.10. The lowest BCUT2D eigenvalue weighted by Gasteiger charge is -2.06. The molecule has 0 spiro atoms. The molecule has 1 aromatic heterocycles. The summed E-state index contributed by atoms with van der Waals surface area (Å²) < 4.78 is 10.5. The van der Waals surface area contributed by atoms with Crippen molar-refractivity contribution in [3.63, 3.8) is 0 Å². The van der Waals surface area contributed by atoms with Gasteiger partial charge in [-0.15, -0.1) is 0 Å². The quantitative estimate of drug-likeness (QED) is 0.275. The largest absolute Gasteiger partial charge is 0.461 e. The molecule has 0 aliphatic rings. The topological polar surface area (TPSA) is 97.4 Å². The first-order valence-electron chi connectivity index (χ1n) is 7.24. The first kappa shape index (κ1) is 17.2. The SMILES string of the molecule is CC(=O)/C(=C/c1cccc2c(=O)cc(C)oc12)C(=O)OCCC#N. The lowest BCUT2D eigenvalue weighted by atomic mass is 10.1. The van der Waals surface area contributed by atoms with Crippen molar-refractivity contribution in [3.05, 3.63) is 51.4 Å². The summed E-state index contributed by atoms with van der Waals surface area (Å²) in [5, 5.41) is 8.82. The number of Topliss-reactive ketones (excluding diaryl/α,β-unsaturated/α-hetero) is 1. The smallest absolute Gasteiger partial charge is 0.341 e. The monoisotopic (exact) mass is 325 g/mol. The van der Waals surface area contributed by atoms with E-state index in [0.29, 0.717) is 22.3 Å². The van der Waals surface area contributed by atoms with Gasteiger partial charge in [0, 0.05) is 11.6 Å². The number of ether oxygens (including phenoxy) is 1. The molecular formula is C18H15NO5. The molecule has 0 N–H and O–H groups in total. The minimum atomic E-state index is -0.815. The fraction of sp³-hybridized carbons (Fsp3) is 0.222. The highest BCUT2D eigenvalue weighted by molar-refractivity contribution is 6.20. The van der Waals surface area contributed by atoms with Gasteiger partial charge in [-0.05, 0) is 26.0 Å². The van der Waals surface area contributed by atoms with E-state index in [0.717, 1.165) is 0 Å². The van der Waals surface area contributed by atoms with E-state index >= 15 is 0 Å². The number of ketones is 1. The Morgan fingerprint density at radius 1 is 1.38 bits per heavy atom. The van der Waals surface area contributed by atoms with Gasteiger partial charge in [0.1, 0.15) is 23.5 Å². The molecule has 0 aliphatic heterocycles. The third kappa shape index (κ3) is 3.76. The van der Waals surface area contributed by atoms with Gasteiger partial charge in [0.15, 0.2) is 11.2 Å². The van der Waals surface area contributed by atoms with Crippen molar-refractivity contribution in [2.45, 2.75) is 20.3 Å². The van der Waals surface area contributed by atoms with Gasteiger partial charge in [0.25, 0.3) is 0 Å². The lowest BCUT2D eigenvalue weighted by molar-refractivity contribution is -0.140. The minimum Gasteiger partial charge on any atom is -0.461 e. The number of esters is 1. The van der Waals surface area contributed by atoms with Crippen LogP contribution in [0.25, 0.3) is 17.0 Å². The van der Waals surface area contributed by atoms with Crippen LogP contribution >= 0.6 is 0 Å². The van der Waals surface area contributed by atoms with Crippen molar-refractivity contribution < 1.29 is 18.7 Å². The average molecular weight is 325 g/mol. The Labute approximate surface area is 138 Å². The number of hydrogen-bond acceptors (Lipinski definition) is 6. The summed E-state index contributed by atoms with van der Waals surface area (Å²) in [6, 6.07) is 8.10. The summed E-state index contributed by atoms with van der Waals surface area (Å²) in [4.78, 5) is 35.8. The summed E-state index contributed by atoms with van der Waals surface area (Å²) in [5.41, 5.74) is 0.344. The molecule has 24 heavy (non-hydrogen) atoms. The molecular weight excluding hydrogens is 310 g/mol. The van der Waals surface area contributed by atoms with Gasteiger partial charge in [0.05, 0.1) is 17.9 Å². The number of carbonyl (C=O) groups excluding carboxylic acids is 2. The van der Waals surface area contributed by atoms with Crippen LogP contribution in [0.5, 0.6) is 0 Å². The average Bonchev–Trinajstić information content (AvgIpc) is 2.52. The maximum Gasteiger partial charge on any atom is 0.341 e. The van der Waals surface area contributed by atoms with Crippen LogP contribution in [-0.2, 0) is 14.3 Å². The molecule has 2 aromatic rings. The van der Waals surface area contributed by atoms with Gasteiger partial charge >= 0.3 is 5.97 Å². The van der Waals surface area contributed by atoms with Crippen molar-refractivity contribution in [1.82, 2.24) is 0 Å². The van der Waals surface area contributed by atoms with E-state index in [2.05, 4.69) is 0 Å².